The van der Waals surface area contributed by atoms with Crippen LogP contribution in [0.5, 0.6) is 0 Å². The number of halogens is 5. The molecule has 0 aromatic heterocycles. The summed E-state index contributed by atoms with van der Waals surface area (Å²) in [6.07, 6.45) is 0. The molecule has 0 aliphatic carbocycles. The molecule has 0 unspecified atom stereocenters. The second-order valence-electron chi connectivity index (χ2n) is 5.01. The van der Waals surface area contributed by atoms with Gasteiger partial charge in [-0.1, -0.05) is 23.2 Å². The zero-order chi connectivity index (χ0) is 18.7. The summed E-state index contributed by atoms with van der Waals surface area (Å²) in [6.45, 7) is 0.436. The first-order valence-corrected chi connectivity index (χ1v) is 7.62. The number of nitrogens with zero attached hydrogens (tertiary/aromatic N) is 1. The first kappa shape index (κ1) is 19.1. The summed E-state index contributed by atoms with van der Waals surface area (Å²) in [6, 6.07) is 5.83. The fourth-order valence-electron chi connectivity index (χ4n) is 2.06. The minimum Gasteiger partial charge on any atom is -0.324 e. The molecule has 0 atom stereocenters. The molecule has 9 heteroatoms. The van der Waals surface area contributed by atoms with E-state index in [1.165, 1.54) is 18.2 Å². The molecular weight excluding hydrogens is 380 g/mol. The number of hydrogen-bond acceptors (Lipinski definition) is 2. The van der Waals surface area contributed by atoms with Gasteiger partial charge in [-0.3, -0.25) is 9.59 Å². The Morgan fingerprint density at radius 1 is 1.04 bits per heavy atom. The van der Waals surface area contributed by atoms with E-state index in [2.05, 4.69) is 5.32 Å². The topological polar surface area (TPSA) is 49.4 Å². The van der Waals surface area contributed by atoms with Crippen LogP contribution in [0.4, 0.5) is 24.5 Å². The van der Waals surface area contributed by atoms with Crippen molar-refractivity contribution >= 4 is 46.4 Å². The van der Waals surface area contributed by atoms with Crippen LogP contribution in [-0.4, -0.2) is 18.4 Å². The standard InChI is InChI=1S/C16H11Cl2F3N2O2/c1-8(24)23(13-3-2-12(19)15(20)16(13)21)7-14(25)22-11-5-9(17)4-10(18)6-11/h2-6H,7H2,1H3,(H,22,25). The summed E-state index contributed by atoms with van der Waals surface area (Å²) in [5, 5.41) is 2.98. The molecule has 4 nitrogen and oxygen atoms in total. The van der Waals surface area contributed by atoms with Crippen LogP contribution in [0, 0.1) is 17.5 Å². The van der Waals surface area contributed by atoms with Crippen molar-refractivity contribution in [2.24, 2.45) is 0 Å². The third-order valence-electron chi connectivity index (χ3n) is 3.13. The maximum absolute atomic E-state index is 13.9. The molecule has 132 valence electrons. The van der Waals surface area contributed by atoms with Gasteiger partial charge in [0.2, 0.25) is 11.8 Å². The van der Waals surface area contributed by atoms with Gasteiger partial charge in [-0.15, -0.1) is 0 Å². The predicted molar refractivity (Wildman–Crippen MR) is 89.4 cm³/mol. The van der Waals surface area contributed by atoms with Gasteiger partial charge < -0.3 is 10.2 Å². The highest BCUT2D eigenvalue weighted by atomic mass is 35.5. The molecule has 0 heterocycles. The van der Waals surface area contributed by atoms with E-state index in [0.29, 0.717) is 11.0 Å². The van der Waals surface area contributed by atoms with E-state index in [-0.39, 0.29) is 15.7 Å². The van der Waals surface area contributed by atoms with Crippen molar-refractivity contribution in [3.05, 3.63) is 57.8 Å². The van der Waals surface area contributed by atoms with Crippen molar-refractivity contribution in [3.63, 3.8) is 0 Å². The number of hydrogen-bond donors (Lipinski definition) is 1. The van der Waals surface area contributed by atoms with Crippen LogP contribution in [-0.2, 0) is 9.59 Å². The van der Waals surface area contributed by atoms with Gasteiger partial charge in [-0.05, 0) is 30.3 Å². The van der Waals surface area contributed by atoms with E-state index in [1.54, 1.807) is 0 Å². The summed E-state index contributed by atoms with van der Waals surface area (Å²) in [5.74, 6) is -6.13. The van der Waals surface area contributed by atoms with Gasteiger partial charge in [0, 0.05) is 22.7 Å². The fourth-order valence-corrected chi connectivity index (χ4v) is 2.59. The van der Waals surface area contributed by atoms with Crippen molar-refractivity contribution < 1.29 is 22.8 Å². The average Bonchev–Trinajstić information content (AvgIpc) is 2.50. The largest absolute Gasteiger partial charge is 0.324 e. The van der Waals surface area contributed by atoms with Crippen molar-refractivity contribution in [1.82, 2.24) is 0 Å². The zero-order valence-corrected chi connectivity index (χ0v) is 14.3. The lowest BCUT2D eigenvalue weighted by Crippen LogP contribution is -2.37. The second kappa shape index (κ2) is 7.76. The minimum atomic E-state index is -1.73. The lowest BCUT2D eigenvalue weighted by Gasteiger charge is -2.21. The molecule has 0 fully saturated rings. The smallest absolute Gasteiger partial charge is 0.244 e. The summed E-state index contributed by atoms with van der Waals surface area (Å²) < 4.78 is 40.3. The molecule has 2 aromatic rings. The van der Waals surface area contributed by atoms with Crippen LogP contribution >= 0.6 is 23.2 Å². The number of rotatable bonds is 4. The number of nitrogens with one attached hydrogen (secondary N) is 1. The molecule has 2 aromatic carbocycles. The second-order valence-corrected chi connectivity index (χ2v) is 5.88. The molecule has 0 saturated carbocycles. The Morgan fingerprint density at radius 2 is 1.64 bits per heavy atom. The van der Waals surface area contributed by atoms with Gasteiger partial charge in [-0.2, -0.15) is 0 Å². The van der Waals surface area contributed by atoms with Crippen LogP contribution in [0.25, 0.3) is 0 Å². The van der Waals surface area contributed by atoms with Crippen molar-refractivity contribution in [2.75, 3.05) is 16.8 Å². The van der Waals surface area contributed by atoms with Crippen LogP contribution in [0.15, 0.2) is 30.3 Å². The number of anilines is 2. The summed E-state index contributed by atoms with van der Waals surface area (Å²) in [5.41, 5.74) is -0.289. The Bertz CT molecular complexity index is 826. The van der Waals surface area contributed by atoms with E-state index in [0.717, 1.165) is 13.0 Å². The van der Waals surface area contributed by atoms with Crippen molar-refractivity contribution in [1.29, 1.82) is 0 Å². The highest BCUT2D eigenvalue weighted by molar-refractivity contribution is 6.35. The quantitative estimate of drug-likeness (QED) is 0.786. The third-order valence-corrected chi connectivity index (χ3v) is 3.57. The number of carbonyl (C=O) groups excluding carboxylic acids is 2. The third kappa shape index (κ3) is 4.64. The first-order chi connectivity index (χ1) is 11.7. The molecule has 0 radical (unpaired) electrons. The molecule has 1 N–H and O–H groups in total. The molecule has 0 aliphatic rings. The van der Waals surface area contributed by atoms with Gasteiger partial charge in [0.25, 0.3) is 0 Å². The summed E-state index contributed by atoms with van der Waals surface area (Å²) in [7, 11) is 0. The van der Waals surface area contributed by atoms with E-state index in [9.17, 15) is 22.8 Å². The minimum absolute atomic E-state index is 0.261. The van der Waals surface area contributed by atoms with Crippen molar-refractivity contribution in [2.45, 2.75) is 6.92 Å². The Labute approximate surface area is 151 Å². The van der Waals surface area contributed by atoms with Crippen LogP contribution in [0.1, 0.15) is 6.92 Å². The van der Waals surface area contributed by atoms with Crippen LogP contribution in [0.3, 0.4) is 0 Å². The number of benzene rings is 2. The number of carbonyl (C=O) groups is 2. The lowest BCUT2D eigenvalue weighted by molar-refractivity contribution is -0.120. The first-order valence-electron chi connectivity index (χ1n) is 6.86. The number of amides is 2. The molecule has 0 spiro atoms. The molecule has 2 amide bonds. The highest BCUT2D eigenvalue weighted by Crippen LogP contribution is 2.25. The molecule has 25 heavy (non-hydrogen) atoms. The van der Waals surface area contributed by atoms with Crippen LogP contribution in [0.2, 0.25) is 10.0 Å². The summed E-state index contributed by atoms with van der Waals surface area (Å²) >= 11 is 11.6. The Kier molecular flexibility index (Phi) is 5.92. The summed E-state index contributed by atoms with van der Waals surface area (Å²) in [4.78, 5) is 24.5. The zero-order valence-electron chi connectivity index (χ0n) is 12.7. The van der Waals surface area contributed by atoms with Gasteiger partial charge in [-0.25, -0.2) is 13.2 Å². The van der Waals surface area contributed by atoms with E-state index < -0.39 is 41.5 Å². The molecular formula is C16H11Cl2F3N2O2. The Morgan fingerprint density at radius 3 is 2.20 bits per heavy atom. The van der Waals surface area contributed by atoms with Crippen LogP contribution < -0.4 is 10.2 Å². The SMILES string of the molecule is CC(=O)N(CC(=O)Nc1cc(Cl)cc(Cl)c1)c1ccc(F)c(F)c1F. The monoisotopic (exact) mass is 390 g/mol. The van der Waals surface area contributed by atoms with Gasteiger partial charge in [0.1, 0.15) is 6.54 Å². The maximum atomic E-state index is 13.9. The molecule has 0 saturated heterocycles. The Balaban J connectivity index is 2.23. The highest BCUT2D eigenvalue weighted by Gasteiger charge is 2.23. The normalized spacial score (nSPS) is 10.5. The lowest BCUT2D eigenvalue weighted by atomic mass is 10.2. The Hall–Kier alpha value is -2.25. The maximum Gasteiger partial charge on any atom is 0.244 e. The van der Waals surface area contributed by atoms with Gasteiger partial charge in [0.05, 0.1) is 5.69 Å². The molecule has 2 rings (SSSR count). The fraction of sp³-hybridized carbons (Fsp3) is 0.125. The molecule has 0 aliphatic heterocycles. The van der Waals surface area contributed by atoms with E-state index in [4.69, 9.17) is 23.2 Å². The van der Waals surface area contributed by atoms with Gasteiger partial charge >= 0.3 is 0 Å². The van der Waals surface area contributed by atoms with Crippen molar-refractivity contribution in [3.8, 4) is 0 Å². The van der Waals surface area contributed by atoms with E-state index in [1.807, 2.05) is 0 Å². The van der Waals surface area contributed by atoms with E-state index >= 15 is 0 Å². The molecule has 0 bridgehead atoms. The average molecular weight is 391 g/mol. The predicted octanol–water partition coefficient (Wildman–Crippen LogP) is 4.40. The van der Waals surface area contributed by atoms with Gasteiger partial charge in [0.15, 0.2) is 17.5 Å².